The second-order valence-electron chi connectivity index (χ2n) is 5.62. The Labute approximate surface area is 109 Å². The van der Waals surface area contributed by atoms with Crippen molar-refractivity contribution in [2.24, 2.45) is 0 Å². The van der Waals surface area contributed by atoms with Crippen molar-refractivity contribution in [2.75, 3.05) is 6.54 Å². The molecule has 0 saturated carbocycles. The third kappa shape index (κ3) is 6.39. The molecule has 1 unspecified atom stereocenters. The number of amides is 1. The molecular formula is C13H24N4O. The van der Waals surface area contributed by atoms with E-state index in [4.69, 9.17) is 0 Å². The van der Waals surface area contributed by atoms with E-state index in [1.165, 1.54) is 0 Å². The molecule has 2 N–H and O–H groups in total. The summed E-state index contributed by atoms with van der Waals surface area (Å²) in [6.45, 7) is 9.65. The molecule has 0 aliphatic carbocycles. The van der Waals surface area contributed by atoms with Gasteiger partial charge in [0, 0.05) is 36.9 Å². The van der Waals surface area contributed by atoms with E-state index in [0.717, 1.165) is 0 Å². The normalized spacial score (nSPS) is 13.3. The quantitative estimate of drug-likeness (QED) is 0.799. The second kappa shape index (κ2) is 6.54. The number of nitrogens with zero attached hydrogens (tertiary/aromatic N) is 2. The van der Waals surface area contributed by atoms with Gasteiger partial charge in [0.05, 0.1) is 6.54 Å². The third-order valence-electron chi connectivity index (χ3n) is 2.43. The lowest BCUT2D eigenvalue weighted by atomic mass is 10.1. The number of carbonyl (C=O) groups is 1. The topological polar surface area (TPSA) is 59.0 Å². The molecule has 0 saturated heterocycles. The van der Waals surface area contributed by atoms with Crippen molar-refractivity contribution < 1.29 is 4.79 Å². The summed E-state index contributed by atoms with van der Waals surface area (Å²) in [7, 11) is 0. The minimum Gasteiger partial charge on any atom is -0.352 e. The van der Waals surface area contributed by atoms with Crippen LogP contribution in [0.15, 0.2) is 18.5 Å². The van der Waals surface area contributed by atoms with E-state index in [1.807, 2.05) is 23.9 Å². The number of aromatic nitrogens is 2. The highest BCUT2D eigenvalue weighted by molar-refractivity contribution is 5.76. The highest BCUT2D eigenvalue weighted by atomic mass is 16.1. The molecule has 0 fully saturated rings. The van der Waals surface area contributed by atoms with E-state index >= 15 is 0 Å². The van der Waals surface area contributed by atoms with Gasteiger partial charge in [-0.1, -0.05) is 0 Å². The van der Waals surface area contributed by atoms with Crippen LogP contribution in [0.25, 0.3) is 0 Å². The standard InChI is InChI=1S/C13H24N4O/c1-11(10-17-9-5-7-15-17)16-12(18)6-8-14-13(2,3)4/h5,7,9,11,14H,6,8,10H2,1-4H3,(H,16,18). The molecule has 102 valence electrons. The van der Waals surface area contributed by atoms with Crippen LogP contribution in [0.1, 0.15) is 34.1 Å². The van der Waals surface area contributed by atoms with E-state index in [0.29, 0.717) is 19.5 Å². The molecule has 1 amide bonds. The van der Waals surface area contributed by atoms with Crippen LogP contribution in [0.3, 0.4) is 0 Å². The summed E-state index contributed by atoms with van der Waals surface area (Å²) in [4.78, 5) is 11.7. The predicted octanol–water partition coefficient (Wildman–Crippen LogP) is 1.17. The lowest BCUT2D eigenvalue weighted by Gasteiger charge is -2.20. The van der Waals surface area contributed by atoms with Gasteiger partial charge in [-0.25, -0.2) is 0 Å². The molecule has 0 radical (unpaired) electrons. The highest BCUT2D eigenvalue weighted by Crippen LogP contribution is 1.98. The maximum absolute atomic E-state index is 11.7. The molecule has 5 nitrogen and oxygen atoms in total. The van der Waals surface area contributed by atoms with Crippen molar-refractivity contribution in [3.63, 3.8) is 0 Å². The van der Waals surface area contributed by atoms with E-state index in [-0.39, 0.29) is 17.5 Å². The lowest BCUT2D eigenvalue weighted by molar-refractivity contribution is -0.121. The Balaban J connectivity index is 2.19. The van der Waals surface area contributed by atoms with Crippen LogP contribution in [0.2, 0.25) is 0 Å². The fourth-order valence-corrected chi connectivity index (χ4v) is 1.63. The maximum atomic E-state index is 11.7. The number of carbonyl (C=O) groups excluding carboxylic acids is 1. The predicted molar refractivity (Wildman–Crippen MR) is 72.2 cm³/mol. The Kier molecular flexibility index (Phi) is 5.34. The van der Waals surface area contributed by atoms with Crippen LogP contribution in [0, 0.1) is 0 Å². The smallest absolute Gasteiger partial charge is 0.221 e. The van der Waals surface area contributed by atoms with Gasteiger partial charge in [-0.2, -0.15) is 5.10 Å². The van der Waals surface area contributed by atoms with Gasteiger partial charge in [-0.3, -0.25) is 9.48 Å². The summed E-state index contributed by atoms with van der Waals surface area (Å²) in [6.07, 6.45) is 4.13. The van der Waals surface area contributed by atoms with Crippen LogP contribution < -0.4 is 10.6 Å². The van der Waals surface area contributed by atoms with Crippen molar-refractivity contribution in [1.82, 2.24) is 20.4 Å². The van der Waals surface area contributed by atoms with Gasteiger partial charge in [-0.05, 0) is 33.8 Å². The first kappa shape index (κ1) is 14.7. The molecular weight excluding hydrogens is 228 g/mol. The van der Waals surface area contributed by atoms with E-state index < -0.39 is 0 Å². The Bertz CT molecular complexity index is 354. The molecule has 0 aromatic carbocycles. The SMILES string of the molecule is CC(Cn1cccn1)NC(=O)CCNC(C)(C)C. The Morgan fingerprint density at radius 3 is 2.72 bits per heavy atom. The monoisotopic (exact) mass is 252 g/mol. The molecule has 0 aliphatic rings. The number of rotatable bonds is 6. The third-order valence-corrected chi connectivity index (χ3v) is 2.43. The fourth-order valence-electron chi connectivity index (χ4n) is 1.63. The van der Waals surface area contributed by atoms with Crippen LogP contribution in [-0.2, 0) is 11.3 Å². The molecule has 18 heavy (non-hydrogen) atoms. The average molecular weight is 252 g/mol. The Morgan fingerprint density at radius 2 is 2.17 bits per heavy atom. The van der Waals surface area contributed by atoms with Crippen molar-refractivity contribution in [3.05, 3.63) is 18.5 Å². The second-order valence-corrected chi connectivity index (χ2v) is 5.62. The van der Waals surface area contributed by atoms with Gasteiger partial charge in [0.1, 0.15) is 0 Å². The zero-order valence-corrected chi connectivity index (χ0v) is 11.7. The molecule has 5 heteroatoms. The molecule has 1 atom stereocenters. The van der Waals surface area contributed by atoms with Crippen LogP contribution in [-0.4, -0.2) is 33.8 Å². The van der Waals surface area contributed by atoms with Crippen molar-refractivity contribution in [2.45, 2.75) is 52.2 Å². The van der Waals surface area contributed by atoms with E-state index in [2.05, 4.69) is 36.5 Å². The summed E-state index contributed by atoms with van der Waals surface area (Å²) in [5, 5.41) is 10.4. The Morgan fingerprint density at radius 1 is 1.44 bits per heavy atom. The molecule has 1 aromatic heterocycles. The molecule has 1 aromatic rings. The summed E-state index contributed by atoms with van der Waals surface area (Å²) in [6, 6.07) is 1.97. The number of nitrogens with one attached hydrogen (secondary N) is 2. The summed E-state index contributed by atoms with van der Waals surface area (Å²) >= 11 is 0. The van der Waals surface area contributed by atoms with Gasteiger partial charge in [0.15, 0.2) is 0 Å². The van der Waals surface area contributed by atoms with Crippen LogP contribution in [0.5, 0.6) is 0 Å². The van der Waals surface area contributed by atoms with Crippen molar-refractivity contribution in [1.29, 1.82) is 0 Å². The highest BCUT2D eigenvalue weighted by Gasteiger charge is 2.11. The first-order chi connectivity index (χ1) is 8.37. The summed E-state index contributed by atoms with van der Waals surface area (Å²) < 4.78 is 1.82. The van der Waals surface area contributed by atoms with Gasteiger partial charge >= 0.3 is 0 Å². The van der Waals surface area contributed by atoms with Crippen molar-refractivity contribution in [3.8, 4) is 0 Å². The molecule has 1 rings (SSSR count). The lowest BCUT2D eigenvalue weighted by Crippen LogP contribution is -2.40. The minimum absolute atomic E-state index is 0.0565. The molecule has 0 aliphatic heterocycles. The van der Waals surface area contributed by atoms with Crippen LogP contribution in [0.4, 0.5) is 0 Å². The zero-order chi connectivity index (χ0) is 13.6. The Hall–Kier alpha value is -1.36. The largest absolute Gasteiger partial charge is 0.352 e. The van der Waals surface area contributed by atoms with E-state index in [9.17, 15) is 4.79 Å². The maximum Gasteiger partial charge on any atom is 0.221 e. The number of hydrogen-bond acceptors (Lipinski definition) is 3. The first-order valence-corrected chi connectivity index (χ1v) is 6.38. The van der Waals surface area contributed by atoms with Gasteiger partial charge in [-0.15, -0.1) is 0 Å². The summed E-state index contributed by atoms with van der Waals surface area (Å²) in [5.74, 6) is 0.0754. The molecule has 0 spiro atoms. The average Bonchev–Trinajstić information content (AvgIpc) is 2.67. The number of hydrogen-bond donors (Lipinski definition) is 2. The van der Waals surface area contributed by atoms with Crippen LogP contribution >= 0.6 is 0 Å². The first-order valence-electron chi connectivity index (χ1n) is 6.38. The van der Waals surface area contributed by atoms with E-state index in [1.54, 1.807) is 6.20 Å². The van der Waals surface area contributed by atoms with Crippen molar-refractivity contribution >= 4 is 5.91 Å². The molecule has 0 bridgehead atoms. The fraction of sp³-hybridized carbons (Fsp3) is 0.692. The minimum atomic E-state index is 0.0565. The van der Waals surface area contributed by atoms with Gasteiger partial charge in [0.25, 0.3) is 0 Å². The van der Waals surface area contributed by atoms with Gasteiger partial charge < -0.3 is 10.6 Å². The zero-order valence-electron chi connectivity index (χ0n) is 11.7. The van der Waals surface area contributed by atoms with Gasteiger partial charge in [0.2, 0.25) is 5.91 Å². The summed E-state index contributed by atoms with van der Waals surface area (Å²) in [5.41, 5.74) is 0.0565. The molecule has 1 heterocycles.